The van der Waals surface area contributed by atoms with Crippen molar-refractivity contribution in [3.8, 4) is 11.5 Å². The molecule has 2 aromatic carbocycles. The molecule has 0 aliphatic carbocycles. The predicted molar refractivity (Wildman–Crippen MR) is 98.9 cm³/mol. The fourth-order valence-corrected chi connectivity index (χ4v) is 3.23. The quantitative estimate of drug-likeness (QED) is 0.650. The Morgan fingerprint density at radius 2 is 1.89 bits per heavy atom. The second-order valence-corrected chi connectivity index (χ2v) is 6.36. The van der Waals surface area contributed by atoms with Crippen molar-refractivity contribution in [3.05, 3.63) is 77.9 Å². The Balaban J connectivity index is 1.53. The molecule has 1 amide bonds. The maximum Gasteiger partial charge on any atom is 0.250 e. The van der Waals surface area contributed by atoms with Gasteiger partial charge in [-0.05, 0) is 36.6 Å². The molecule has 1 aromatic heterocycles. The zero-order valence-corrected chi connectivity index (χ0v) is 14.6. The van der Waals surface area contributed by atoms with E-state index in [1.54, 1.807) is 35.3 Å². The van der Waals surface area contributed by atoms with Crippen molar-refractivity contribution in [2.75, 3.05) is 6.54 Å². The minimum absolute atomic E-state index is 0.105. The Morgan fingerprint density at radius 3 is 2.70 bits per heavy atom. The number of rotatable bonds is 4. The van der Waals surface area contributed by atoms with Gasteiger partial charge in [-0.1, -0.05) is 42.5 Å². The molecule has 2 heterocycles. The first kappa shape index (κ1) is 17.1. The third-order valence-corrected chi connectivity index (χ3v) is 4.58. The summed E-state index contributed by atoms with van der Waals surface area (Å²) in [4.78, 5) is 14.3. The number of halogens is 1. The van der Waals surface area contributed by atoms with E-state index in [1.807, 2.05) is 30.3 Å². The fraction of sp³-hybridized carbons (Fsp3) is 0.190. The van der Waals surface area contributed by atoms with Crippen LogP contribution in [0.3, 0.4) is 0 Å². The Bertz CT molecular complexity index is 968. The van der Waals surface area contributed by atoms with Gasteiger partial charge in [0.15, 0.2) is 0 Å². The first-order valence-electron chi connectivity index (χ1n) is 8.84. The van der Waals surface area contributed by atoms with Gasteiger partial charge in [0.1, 0.15) is 11.9 Å². The number of hydrogen-bond acceptors (Lipinski definition) is 4. The van der Waals surface area contributed by atoms with Crippen LogP contribution >= 0.6 is 0 Å². The van der Waals surface area contributed by atoms with Crippen LogP contribution in [0.1, 0.15) is 30.3 Å². The first-order chi connectivity index (χ1) is 13.2. The van der Waals surface area contributed by atoms with E-state index < -0.39 is 5.82 Å². The van der Waals surface area contributed by atoms with Crippen LogP contribution in [0.15, 0.2) is 65.1 Å². The Labute approximate surface area is 156 Å². The van der Waals surface area contributed by atoms with Gasteiger partial charge in [-0.2, -0.15) is 0 Å². The topological polar surface area (TPSA) is 59.2 Å². The largest absolute Gasteiger partial charge is 0.418 e. The van der Waals surface area contributed by atoms with E-state index in [0.29, 0.717) is 12.4 Å². The number of likely N-dealkylation sites (tertiary alicyclic amines) is 1. The zero-order valence-electron chi connectivity index (χ0n) is 14.6. The van der Waals surface area contributed by atoms with Crippen LogP contribution in [0, 0.1) is 5.82 Å². The smallest absolute Gasteiger partial charge is 0.250 e. The van der Waals surface area contributed by atoms with Crippen LogP contribution in [0.5, 0.6) is 0 Å². The second kappa shape index (κ2) is 7.53. The molecular weight excluding hydrogens is 345 g/mol. The van der Waals surface area contributed by atoms with Gasteiger partial charge in [0.05, 0.1) is 5.56 Å². The number of aromatic nitrogens is 2. The van der Waals surface area contributed by atoms with Crippen molar-refractivity contribution in [1.82, 2.24) is 15.1 Å². The molecule has 1 unspecified atom stereocenters. The summed E-state index contributed by atoms with van der Waals surface area (Å²) < 4.78 is 19.6. The van der Waals surface area contributed by atoms with Crippen LogP contribution in [0.2, 0.25) is 0 Å². The highest BCUT2D eigenvalue weighted by atomic mass is 19.1. The lowest BCUT2D eigenvalue weighted by molar-refractivity contribution is -0.127. The molecule has 0 spiro atoms. The van der Waals surface area contributed by atoms with E-state index >= 15 is 0 Å². The highest BCUT2D eigenvalue weighted by Gasteiger charge is 2.33. The van der Waals surface area contributed by atoms with Gasteiger partial charge in [-0.3, -0.25) is 4.79 Å². The monoisotopic (exact) mass is 363 g/mol. The maximum absolute atomic E-state index is 13.9. The van der Waals surface area contributed by atoms with E-state index in [0.717, 1.165) is 18.4 Å². The molecule has 0 saturated carbocycles. The number of carbonyl (C=O) groups excluding carboxylic acids is 1. The Kier molecular flexibility index (Phi) is 4.78. The summed E-state index contributed by atoms with van der Waals surface area (Å²) in [5.41, 5.74) is 1.22. The van der Waals surface area contributed by atoms with Crippen molar-refractivity contribution < 1.29 is 13.6 Å². The van der Waals surface area contributed by atoms with Gasteiger partial charge >= 0.3 is 0 Å². The van der Waals surface area contributed by atoms with E-state index in [-0.39, 0.29) is 23.4 Å². The van der Waals surface area contributed by atoms with Gasteiger partial charge in [0.25, 0.3) is 5.89 Å². The Morgan fingerprint density at radius 1 is 1.11 bits per heavy atom. The van der Waals surface area contributed by atoms with Crippen LogP contribution in [0.25, 0.3) is 17.5 Å². The average Bonchev–Trinajstić information content (AvgIpc) is 3.36. The fourth-order valence-electron chi connectivity index (χ4n) is 3.23. The third kappa shape index (κ3) is 3.65. The highest BCUT2D eigenvalue weighted by Crippen LogP contribution is 2.33. The van der Waals surface area contributed by atoms with E-state index in [4.69, 9.17) is 4.42 Å². The van der Waals surface area contributed by atoms with Gasteiger partial charge in [0.2, 0.25) is 11.8 Å². The van der Waals surface area contributed by atoms with Crippen molar-refractivity contribution in [2.45, 2.75) is 18.9 Å². The van der Waals surface area contributed by atoms with Gasteiger partial charge in [-0.25, -0.2) is 4.39 Å². The van der Waals surface area contributed by atoms with E-state index in [9.17, 15) is 9.18 Å². The van der Waals surface area contributed by atoms with Crippen LogP contribution < -0.4 is 0 Å². The van der Waals surface area contributed by atoms with Crippen molar-refractivity contribution in [3.63, 3.8) is 0 Å². The molecule has 1 atom stereocenters. The van der Waals surface area contributed by atoms with Gasteiger partial charge in [-0.15, -0.1) is 10.2 Å². The van der Waals surface area contributed by atoms with Crippen molar-refractivity contribution in [1.29, 1.82) is 0 Å². The molecule has 6 heteroatoms. The second-order valence-electron chi connectivity index (χ2n) is 6.36. The van der Waals surface area contributed by atoms with Crippen LogP contribution in [-0.4, -0.2) is 27.5 Å². The van der Waals surface area contributed by atoms with E-state index in [2.05, 4.69) is 10.2 Å². The molecule has 0 bridgehead atoms. The number of carbonyl (C=O) groups is 1. The number of benzene rings is 2. The number of nitrogens with zero attached hydrogens (tertiary/aromatic N) is 3. The number of hydrogen-bond donors (Lipinski definition) is 0. The molecule has 3 aromatic rings. The average molecular weight is 363 g/mol. The molecule has 0 radical (unpaired) electrons. The summed E-state index contributed by atoms with van der Waals surface area (Å²) in [5, 5.41) is 8.03. The van der Waals surface area contributed by atoms with Gasteiger partial charge < -0.3 is 9.32 Å². The summed E-state index contributed by atoms with van der Waals surface area (Å²) in [7, 11) is 0. The summed E-state index contributed by atoms with van der Waals surface area (Å²) in [6.45, 7) is 0.625. The molecule has 1 aliphatic heterocycles. The molecular formula is C21H18FN3O2. The molecule has 27 heavy (non-hydrogen) atoms. The summed E-state index contributed by atoms with van der Waals surface area (Å²) in [6.07, 6.45) is 4.94. The Hall–Kier alpha value is -3.28. The summed E-state index contributed by atoms with van der Waals surface area (Å²) >= 11 is 0. The SMILES string of the molecule is O=C(C=Cc1ccccc1)N1CCCC1c1nnc(-c2ccccc2F)o1. The lowest BCUT2D eigenvalue weighted by Gasteiger charge is -2.20. The lowest BCUT2D eigenvalue weighted by Crippen LogP contribution is -2.29. The molecule has 1 saturated heterocycles. The maximum atomic E-state index is 13.9. The number of amides is 1. The summed E-state index contributed by atoms with van der Waals surface area (Å²) in [5.74, 6) is -0.0562. The molecule has 1 aliphatic rings. The molecule has 0 N–H and O–H groups in total. The normalized spacial score (nSPS) is 16.9. The van der Waals surface area contributed by atoms with Crippen LogP contribution in [0.4, 0.5) is 4.39 Å². The highest BCUT2D eigenvalue weighted by molar-refractivity contribution is 5.92. The first-order valence-corrected chi connectivity index (χ1v) is 8.84. The summed E-state index contributed by atoms with van der Waals surface area (Å²) in [6, 6.07) is 15.6. The standard InChI is InChI=1S/C21H18FN3O2/c22-17-10-5-4-9-16(17)20-23-24-21(27-20)18-11-6-14-25(18)19(26)13-12-15-7-2-1-3-8-15/h1-5,7-10,12-13,18H,6,11,14H2. The van der Waals surface area contributed by atoms with Gasteiger partial charge in [0, 0.05) is 12.6 Å². The molecule has 4 rings (SSSR count). The molecule has 136 valence electrons. The zero-order chi connectivity index (χ0) is 18.6. The predicted octanol–water partition coefficient (Wildman–Crippen LogP) is 4.25. The minimum atomic E-state index is -0.419. The van der Waals surface area contributed by atoms with Crippen molar-refractivity contribution >= 4 is 12.0 Å². The minimum Gasteiger partial charge on any atom is -0.418 e. The van der Waals surface area contributed by atoms with E-state index in [1.165, 1.54) is 6.07 Å². The van der Waals surface area contributed by atoms with Crippen LogP contribution in [-0.2, 0) is 4.79 Å². The van der Waals surface area contributed by atoms with Crippen molar-refractivity contribution in [2.24, 2.45) is 0 Å². The molecule has 5 nitrogen and oxygen atoms in total. The molecule has 1 fully saturated rings. The third-order valence-electron chi connectivity index (χ3n) is 4.58. The lowest BCUT2D eigenvalue weighted by atomic mass is 10.2.